The number of hydrogen-bond acceptors (Lipinski definition) is 2. The van der Waals surface area contributed by atoms with Crippen LogP contribution in [0.1, 0.15) is 11.1 Å². The van der Waals surface area contributed by atoms with Crippen LogP contribution in [0, 0.1) is 22.7 Å². The Morgan fingerprint density at radius 1 is 0.345 bits per heavy atom. The minimum atomic E-state index is 0.581. The number of benzene rings is 8. The molecule has 11 rings (SSSR count). The van der Waals surface area contributed by atoms with E-state index in [1.54, 1.807) is 0 Å². The van der Waals surface area contributed by atoms with Crippen molar-refractivity contribution >= 4 is 65.4 Å². The average Bonchev–Trinajstić information content (AvgIpc) is 3.89. The Hall–Kier alpha value is -7.86. The first-order chi connectivity index (χ1) is 27.2. The molecule has 8 aromatic carbocycles. The summed E-state index contributed by atoms with van der Waals surface area (Å²) in [5.74, 6) is 0. The Balaban J connectivity index is 1.19. The lowest BCUT2D eigenvalue weighted by Gasteiger charge is -2.19. The zero-order chi connectivity index (χ0) is 36.6. The molecule has 0 amide bonds. The monoisotopic (exact) mass is 699 g/mol. The number of hydrogen-bond donors (Lipinski definition) is 0. The van der Waals surface area contributed by atoms with Gasteiger partial charge in [0.1, 0.15) is 0 Å². The summed E-state index contributed by atoms with van der Waals surface area (Å²) < 4.78 is 6.96. The zero-order valence-electron chi connectivity index (χ0n) is 29.5. The number of para-hydroxylation sites is 5. The van der Waals surface area contributed by atoms with Crippen LogP contribution in [0.5, 0.6) is 0 Å². The molecule has 11 aromatic rings. The predicted molar refractivity (Wildman–Crippen MR) is 224 cm³/mol. The molecule has 5 nitrogen and oxygen atoms in total. The van der Waals surface area contributed by atoms with Crippen molar-refractivity contribution in [3.63, 3.8) is 0 Å². The second-order valence-electron chi connectivity index (χ2n) is 13.9. The number of nitriles is 2. The predicted octanol–water partition coefficient (Wildman–Crippen LogP) is 12.4. The van der Waals surface area contributed by atoms with Crippen LogP contribution in [0.4, 0.5) is 0 Å². The Labute approximate surface area is 316 Å². The van der Waals surface area contributed by atoms with Crippen LogP contribution >= 0.6 is 0 Å². The molecule has 0 unspecified atom stereocenters. The topological polar surface area (TPSA) is 62.4 Å². The van der Waals surface area contributed by atoms with Crippen LogP contribution in [0.2, 0.25) is 0 Å². The molecule has 0 atom stereocenters. The Morgan fingerprint density at radius 2 is 0.873 bits per heavy atom. The fourth-order valence-electron chi connectivity index (χ4n) is 8.84. The minimum Gasteiger partial charge on any atom is -0.309 e. The van der Waals surface area contributed by atoms with E-state index in [1.807, 2.05) is 36.4 Å². The van der Waals surface area contributed by atoms with Crippen molar-refractivity contribution in [3.8, 4) is 40.3 Å². The third kappa shape index (κ3) is 4.39. The summed E-state index contributed by atoms with van der Waals surface area (Å²) in [7, 11) is 0. The molecule has 5 heteroatoms. The number of nitrogens with zero attached hydrogens (tertiary/aromatic N) is 5. The SMILES string of the molecule is N#Cc1ccc(-n2c3ccccc3c3cc(-n4c5ccccc5c5ccccc54)ccc32)c(-c2ccccc2-n2c3ccccc3c3c(C#N)cccc32)c1. The summed E-state index contributed by atoms with van der Waals surface area (Å²) in [5.41, 5.74) is 12.6. The second kappa shape index (κ2) is 11.8. The largest absolute Gasteiger partial charge is 0.309 e. The molecule has 3 heterocycles. The molecule has 0 fully saturated rings. The molecule has 0 saturated carbocycles. The quantitative estimate of drug-likeness (QED) is 0.184. The van der Waals surface area contributed by atoms with Gasteiger partial charge < -0.3 is 13.7 Å². The van der Waals surface area contributed by atoms with Crippen molar-refractivity contribution in [2.45, 2.75) is 0 Å². The fourth-order valence-corrected chi connectivity index (χ4v) is 8.84. The van der Waals surface area contributed by atoms with E-state index in [9.17, 15) is 10.5 Å². The van der Waals surface area contributed by atoms with Crippen molar-refractivity contribution in [1.29, 1.82) is 10.5 Å². The molecular formula is C50H29N5. The normalized spacial score (nSPS) is 11.6. The van der Waals surface area contributed by atoms with Gasteiger partial charge in [0.2, 0.25) is 0 Å². The van der Waals surface area contributed by atoms with Gasteiger partial charge in [-0.15, -0.1) is 0 Å². The second-order valence-corrected chi connectivity index (χ2v) is 13.9. The third-order valence-corrected chi connectivity index (χ3v) is 11.1. The maximum absolute atomic E-state index is 10.2. The van der Waals surface area contributed by atoms with Gasteiger partial charge in [-0.1, -0.05) is 97.1 Å². The van der Waals surface area contributed by atoms with Crippen LogP contribution in [0.25, 0.3) is 93.6 Å². The van der Waals surface area contributed by atoms with Gasteiger partial charge in [0, 0.05) is 49.1 Å². The molecule has 55 heavy (non-hydrogen) atoms. The van der Waals surface area contributed by atoms with Crippen LogP contribution in [0.3, 0.4) is 0 Å². The first-order valence-electron chi connectivity index (χ1n) is 18.3. The third-order valence-electron chi connectivity index (χ3n) is 11.1. The summed E-state index contributed by atoms with van der Waals surface area (Å²) in [6.45, 7) is 0. The fraction of sp³-hybridized carbons (Fsp3) is 0. The van der Waals surface area contributed by atoms with Gasteiger partial charge in [-0.2, -0.15) is 10.5 Å². The van der Waals surface area contributed by atoms with Crippen LogP contribution < -0.4 is 0 Å². The van der Waals surface area contributed by atoms with Gasteiger partial charge in [0.05, 0.1) is 67.7 Å². The molecule has 254 valence electrons. The highest BCUT2D eigenvalue weighted by Crippen LogP contribution is 2.42. The summed E-state index contributed by atoms with van der Waals surface area (Å²) in [6.07, 6.45) is 0. The first kappa shape index (κ1) is 30.7. The lowest BCUT2D eigenvalue weighted by molar-refractivity contribution is 1.15. The number of fused-ring (bicyclic) bond motifs is 9. The molecule has 0 spiro atoms. The van der Waals surface area contributed by atoms with Gasteiger partial charge in [0.15, 0.2) is 0 Å². The average molecular weight is 700 g/mol. The van der Waals surface area contributed by atoms with E-state index in [-0.39, 0.29) is 0 Å². The summed E-state index contributed by atoms with van der Waals surface area (Å²) in [4.78, 5) is 0. The van der Waals surface area contributed by atoms with Crippen LogP contribution in [-0.4, -0.2) is 13.7 Å². The van der Waals surface area contributed by atoms with Crippen molar-refractivity contribution in [2.75, 3.05) is 0 Å². The van der Waals surface area contributed by atoms with E-state index in [1.165, 1.54) is 21.8 Å². The summed E-state index contributed by atoms with van der Waals surface area (Å²) in [5, 5.41) is 27.1. The minimum absolute atomic E-state index is 0.581. The maximum atomic E-state index is 10.2. The molecular weight excluding hydrogens is 671 g/mol. The zero-order valence-corrected chi connectivity index (χ0v) is 29.5. The van der Waals surface area contributed by atoms with Crippen LogP contribution in [0.15, 0.2) is 176 Å². The van der Waals surface area contributed by atoms with Crippen molar-refractivity contribution in [3.05, 3.63) is 187 Å². The summed E-state index contributed by atoms with van der Waals surface area (Å²) >= 11 is 0. The van der Waals surface area contributed by atoms with E-state index in [0.717, 1.165) is 71.8 Å². The molecule has 0 aliphatic heterocycles. The smallest absolute Gasteiger partial charge is 0.0998 e. The summed E-state index contributed by atoms with van der Waals surface area (Å²) in [6, 6.07) is 66.0. The molecule has 0 N–H and O–H groups in total. The number of aromatic nitrogens is 3. The lowest BCUT2D eigenvalue weighted by Crippen LogP contribution is -2.02. The van der Waals surface area contributed by atoms with Crippen molar-refractivity contribution in [2.24, 2.45) is 0 Å². The van der Waals surface area contributed by atoms with Gasteiger partial charge in [-0.3, -0.25) is 0 Å². The Kier molecular flexibility index (Phi) is 6.61. The molecule has 0 radical (unpaired) electrons. The van der Waals surface area contributed by atoms with E-state index in [4.69, 9.17) is 0 Å². The maximum Gasteiger partial charge on any atom is 0.0998 e. The van der Waals surface area contributed by atoms with Crippen molar-refractivity contribution < 1.29 is 0 Å². The van der Waals surface area contributed by atoms with E-state index in [0.29, 0.717) is 11.1 Å². The van der Waals surface area contributed by atoms with Gasteiger partial charge in [0.25, 0.3) is 0 Å². The Morgan fingerprint density at radius 3 is 1.56 bits per heavy atom. The first-order valence-corrected chi connectivity index (χ1v) is 18.3. The van der Waals surface area contributed by atoms with Crippen molar-refractivity contribution in [1.82, 2.24) is 13.7 Å². The highest BCUT2D eigenvalue weighted by molar-refractivity contribution is 6.14. The lowest BCUT2D eigenvalue weighted by atomic mass is 9.98. The molecule has 0 saturated heterocycles. The van der Waals surface area contributed by atoms with Crippen LogP contribution in [-0.2, 0) is 0 Å². The standard InChI is InChI=1S/C50H29N5/c51-30-32-24-26-47(40(28-32)37-15-3-9-21-45(37)55-46-22-10-5-17-39(46)50-33(31-52)12-11-23-49(50)55)54-44-20-8-4-16-38(44)41-29-34(25-27-48(41)54)53-42-18-6-1-13-35(42)36-14-2-7-19-43(36)53/h1-29H. The van der Waals surface area contributed by atoms with Gasteiger partial charge >= 0.3 is 0 Å². The van der Waals surface area contributed by atoms with E-state index in [2.05, 4.69) is 165 Å². The number of rotatable bonds is 4. The van der Waals surface area contributed by atoms with E-state index >= 15 is 0 Å². The molecule has 3 aromatic heterocycles. The molecule has 0 bridgehead atoms. The molecule has 0 aliphatic carbocycles. The highest BCUT2D eigenvalue weighted by Gasteiger charge is 2.22. The molecule has 0 aliphatic rings. The van der Waals surface area contributed by atoms with Gasteiger partial charge in [-0.05, 0) is 78.9 Å². The highest BCUT2D eigenvalue weighted by atomic mass is 15.0. The van der Waals surface area contributed by atoms with E-state index < -0.39 is 0 Å². The van der Waals surface area contributed by atoms with Gasteiger partial charge in [-0.25, -0.2) is 0 Å². The Bertz CT molecular complexity index is 3420.